The van der Waals surface area contributed by atoms with Gasteiger partial charge in [0.25, 0.3) is 10.0 Å². The predicted molar refractivity (Wildman–Crippen MR) is 129 cm³/mol. The molecule has 1 aliphatic rings. The number of sulfonamides is 1. The number of carbonyl (C=O) groups is 1. The number of anilines is 1. The minimum atomic E-state index is -3.84. The molecule has 0 aliphatic carbocycles. The maximum Gasteiger partial charge on any atom is 0.363 e. The van der Waals surface area contributed by atoms with Crippen LogP contribution in [0.5, 0.6) is 0 Å². The van der Waals surface area contributed by atoms with E-state index in [-0.39, 0.29) is 23.6 Å². The van der Waals surface area contributed by atoms with Crippen molar-refractivity contribution >= 4 is 33.7 Å². The molecule has 34 heavy (non-hydrogen) atoms. The van der Waals surface area contributed by atoms with Gasteiger partial charge in [-0.2, -0.15) is 5.26 Å². The highest BCUT2D eigenvalue weighted by molar-refractivity contribution is 7.92. The lowest BCUT2D eigenvalue weighted by Crippen LogP contribution is -2.31. The van der Waals surface area contributed by atoms with Gasteiger partial charge in [-0.05, 0) is 41.5 Å². The van der Waals surface area contributed by atoms with Gasteiger partial charge < -0.3 is 4.74 Å². The monoisotopic (exact) mass is 471 g/mol. The molecule has 0 radical (unpaired) electrons. The van der Waals surface area contributed by atoms with Crippen LogP contribution in [0.15, 0.2) is 101 Å². The van der Waals surface area contributed by atoms with Crippen LogP contribution in [0.1, 0.15) is 17.5 Å². The number of esters is 1. The molecule has 0 aromatic heterocycles. The highest BCUT2D eigenvalue weighted by atomic mass is 32.2. The van der Waals surface area contributed by atoms with Crippen LogP contribution < -0.4 is 4.31 Å². The van der Waals surface area contributed by atoms with Crippen LogP contribution in [0, 0.1) is 11.3 Å². The largest absolute Gasteiger partial charge is 0.406 e. The van der Waals surface area contributed by atoms with Crippen molar-refractivity contribution in [1.29, 1.82) is 5.26 Å². The highest BCUT2D eigenvalue weighted by Crippen LogP contribution is 2.25. The van der Waals surface area contributed by atoms with Crippen LogP contribution in [0.4, 0.5) is 5.69 Å². The third-order valence-electron chi connectivity index (χ3n) is 5.11. The molecule has 0 amide bonds. The summed E-state index contributed by atoms with van der Waals surface area (Å²) in [5, 5.41) is 9.01. The Kier molecular flexibility index (Phi) is 6.85. The fourth-order valence-corrected chi connectivity index (χ4v) is 4.94. The second kappa shape index (κ2) is 10.1. The Morgan fingerprint density at radius 3 is 2.24 bits per heavy atom. The van der Waals surface area contributed by atoms with Crippen molar-refractivity contribution in [2.24, 2.45) is 4.99 Å². The first-order chi connectivity index (χ1) is 16.5. The molecule has 1 aliphatic heterocycles. The zero-order valence-electron chi connectivity index (χ0n) is 18.2. The standard InChI is InChI=1S/C26H21N3O4S/c27-16-7-17-29(34(31,32)23-10-5-2-6-11-23)22-14-12-21(13-15-22)18-24-26(30)33-25(28-24)19-20-8-3-1-4-9-20/h1-6,8-15,18H,7,17,19H2. The molecule has 0 N–H and O–H groups in total. The van der Waals surface area contributed by atoms with E-state index in [1.165, 1.54) is 16.4 Å². The van der Waals surface area contributed by atoms with Crippen LogP contribution >= 0.6 is 0 Å². The van der Waals surface area contributed by atoms with Crippen molar-refractivity contribution in [1.82, 2.24) is 0 Å². The summed E-state index contributed by atoms with van der Waals surface area (Å²) in [5.74, 6) is -0.201. The van der Waals surface area contributed by atoms with E-state index < -0.39 is 16.0 Å². The van der Waals surface area contributed by atoms with Gasteiger partial charge in [-0.15, -0.1) is 0 Å². The number of rotatable bonds is 8. The molecule has 170 valence electrons. The average molecular weight is 472 g/mol. The normalized spacial score (nSPS) is 14.4. The molecule has 0 spiro atoms. The number of nitriles is 1. The summed E-state index contributed by atoms with van der Waals surface area (Å²) >= 11 is 0. The fourth-order valence-electron chi connectivity index (χ4n) is 3.45. The maximum absolute atomic E-state index is 13.2. The van der Waals surface area contributed by atoms with E-state index in [9.17, 15) is 13.2 Å². The van der Waals surface area contributed by atoms with Crippen molar-refractivity contribution in [3.05, 3.63) is 102 Å². The minimum Gasteiger partial charge on any atom is -0.406 e. The SMILES string of the molecule is N#CCCN(c1ccc(C=C2N=C(Cc3ccccc3)OC2=O)cc1)S(=O)(=O)c1ccccc1. The Morgan fingerprint density at radius 2 is 1.59 bits per heavy atom. The van der Waals surface area contributed by atoms with E-state index in [0.29, 0.717) is 23.6 Å². The number of nitrogens with zero attached hydrogens (tertiary/aromatic N) is 3. The van der Waals surface area contributed by atoms with Gasteiger partial charge in [-0.3, -0.25) is 4.31 Å². The van der Waals surface area contributed by atoms with Gasteiger partial charge in [0.05, 0.1) is 23.1 Å². The molecule has 0 bridgehead atoms. The van der Waals surface area contributed by atoms with Gasteiger partial charge in [0, 0.05) is 13.0 Å². The summed E-state index contributed by atoms with van der Waals surface area (Å²) in [7, 11) is -3.84. The molecule has 3 aromatic carbocycles. The molecular weight excluding hydrogens is 450 g/mol. The van der Waals surface area contributed by atoms with Gasteiger partial charge in [-0.1, -0.05) is 60.7 Å². The van der Waals surface area contributed by atoms with Gasteiger partial charge >= 0.3 is 5.97 Å². The van der Waals surface area contributed by atoms with E-state index in [2.05, 4.69) is 4.99 Å². The van der Waals surface area contributed by atoms with Crippen LogP contribution in [-0.4, -0.2) is 26.8 Å². The third-order valence-corrected chi connectivity index (χ3v) is 6.95. The first-order valence-corrected chi connectivity index (χ1v) is 12.0. The van der Waals surface area contributed by atoms with Gasteiger partial charge in [0.1, 0.15) is 0 Å². The van der Waals surface area contributed by atoms with E-state index >= 15 is 0 Å². The Bertz CT molecular complexity index is 1380. The summed E-state index contributed by atoms with van der Waals surface area (Å²) in [6.45, 7) is 0.0215. The first kappa shape index (κ1) is 23.0. The fraction of sp³-hybridized carbons (Fsp3) is 0.115. The van der Waals surface area contributed by atoms with Gasteiger partial charge in [-0.25, -0.2) is 18.2 Å². The Labute approximate surface area is 198 Å². The predicted octanol–water partition coefficient (Wildman–Crippen LogP) is 4.33. The van der Waals surface area contributed by atoms with E-state index in [1.807, 2.05) is 36.4 Å². The number of benzene rings is 3. The summed E-state index contributed by atoms with van der Waals surface area (Å²) in [4.78, 5) is 16.7. The van der Waals surface area contributed by atoms with Crippen LogP contribution in [-0.2, 0) is 26.0 Å². The van der Waals surface area contributed by atoms with E-state index in [0.717, 1.165) is 5.56 Å². The molecule has 0 atom stereocenters. The van der Waals surface area contributed by atoms with Crippen LogP contribution in [0.2, 0.25) is 0 Å². The van der Waals surface area contributed by atoms with Crippen molar-refractivity contribution < 1.29 is 17.9 Å². The quantitative estimate of drug-likeness (QED) is 0.360. The number of ether oxygens (including phenoxy) is 1. The number of carbonyl (C=O) groups excluding carboxylic acids is 1. The Hall–Kier alpha value is -4.22. The number of hydrogen-bond donors (Lipinski definition) is 0. The molecule has 0 saturated heterocycles. The Morgan fingerprint density at radius 1 is 0.941 bits per heavy atom. The Balaban J connectivity index is 1.57. The van der Waals surface area contributed by atoms with Gasteiger partial charge in [0.15, 0.2) is 5.70 Å². The molecule has 8 heteroatoms. The molecule has 7 nitrogen and oxygen atoms in total. The molecule has 0 saturated carbocycles. The summed E-state index contributed by atoms with van der Waals surface area (Å²) in [5.41, 5.74) is 2.25. The average Bonchev–Trinajstić information content (AvgIpc) is 3.19. The summed E-state index contributed by atoms with van der Waals surface area (Å²) in [6, 6.07) is 26.3. The van der Waals surface area contributed by atoms with Crippen molar-refractivity contribution in [3.63, 3.8) is 0 Å². The zero-order chi connectivity index (χ0) is 24.0. The second-order valence-corrected chi connectivity index (χ2v) is 9.34. The lowest BCUT2D eigenvalue weighted by Gasteiger charge is -2.23. The lowest BCUT2D eigenvalue weighted by molar-refractivity contribution is -0.130. The number of aliphatic imine (C=N–C) groups is 1. The smallest absolute Gasteiger partial charge is 0.363 e. The summed E-state index contributed by atoms with van der Waals surface area (Å²) < 4.78 is 32.8. The van der Waals surface area contributed by atoms with Crippen molar-refractivity contribution in [2.75, 3.05) is 10.8 Å². The molecular formula is C26H21N3O4S. The topological polar surface area (TPSA) is 99.8 Å². The molecule has 3 aromatic rings. The van der Waals surface area contributed by atoms with Crippen molar-refractivity contribution in [3.8, 4) is 6.07 Å². The number of hydrogen-bond acceptors (Lipinski definition) is 6. The van der Waals surface area contributed by atoms with Crippen LogP contribution in [0.3, 0.4) is 0 Å². The zero-order valence-corrected chi connectivity index (χ0v) is 19.0. The third kappa shape index (κ3) is 5.22. The van der Waals surface area contributed by atoms with E-state index in [1.54, 1.807) is 48.5 Å². The van der Waals surface area contributed by atoms with E-state index in [4.69, 9.17) is 10.00 Å². The molecule has 1 heterocycles. The minimum absolute atomic E-state index is 0.0215. The van der Waals surface area contributed by atoms with Crippen molar-refractivity contribution in [2.45, 2.75) is 17.7 Å². The number of cyclic esters (lactones) is 1. The highest BCUT2D eigenvalue weighted by Gasteiger charge is 2.25. The first-order valence-electron chi connectivity index (χ1n) is 10.6. The second-order valence-electron chi connectivity index (χ2n) is 7.48. The lowest BCUT2D eigenvalue weighted by atomic mass is 10.1. The molecule has 0 unspecified atom stereocenters. The van der Waals surface area contributed by atoms with Crippen LogP contribution in [0.25, 0.3) is 6.08 Å². The molecule has 0 fully saturated rings. The van der Waals surface area contributed by atoms with Gasteiger partial charge in [0.2, 0.25) is 5.90 Å². The molecule has 4 rings (SSSR count). The summed E-state index contributed by atoms with van der Waals surface area (Å²) in [6.07, 6.45) is 2.05. The maximum atomic E-state index is 13.2.